The molecule has 0 spiro atoms. The number of carbonyl (C=O) groups excluding carboxylic acids is 2. The lowest BCUT2D eigenvalue weighted by molar-refractivity contribution is -0.163. The molecule has 1 aliphatic carbocycles. The van der Waals surface area contributed by atoms with Crippen molar-refractivity contribution in [1.82, 2.24) is 0 Å². The van der Waals surface area contributed by atoms with Gasteiger partial charge in [-0.25, -0.2) is 0 Å². The minimum atomic E-state index is -0.872. The molecule has 0 radical (unpaired) electrons. The molecule has 1 saturated carbocycles. The second-order valence-electron chi connectivity index (χ2n) is 4.84. The average molecular weight is 250 g/mol. The van der Waals surface area contributed by atoms with Gasteiger partial charge in [-0.05, 0) is 32.6 Å². The zero-order valence-corrected chi connectivity index (χ0v) is 11.2. The van der Waals surface area contributed by atoms with Crippen LogP contribution in [-0.2, 0) is 14.3 Å². The van der Waals surface area contributed by atoms with E-state index < -0.39 is 5.41 Å². The Morgan fingerprint density at radius 2 is 2.22 bits per heavy atom. The van der Waals surface area contributed by atoms with Crippen LogP contribution in [0.25, 0.3) is 0 Å². The van der Waals surface area contributed by atoms with E-state index in [-0.39, 0.29) is 11.8 Å². The molecule has 18 heavy (non-hydrogen) atoms. The Labute approximate surface area is 109 Å². The summed E-state index contributed by atoms with van der Waals surface area (Å²) in [5.41, 5.74) is -0.872. The Balaban J connectivity index is 2.70. The first kappa shape index (κ1) is 14.8. The Morgan fingerprint density at radius 1 is 1.44 bits per heavy atom. The molecular formula is C15H22O3. The van der Waals surface area contributed by atoms with Gasteiger partial charge in [-0.3, -0.25) is 9.59 Å². The maximum absolute atomic E-state index is 12.2. The predicted octanol–water partition coefficient (Wildman–Crippen LogP) is 2.87. The Morgan fingerprint density at radius 3 is 2.83 bits per heavy atom. The summed E-state index contributed by atoms with van der Waals surface area (Å²) in [6.07, 6.45) is 11.1. The number of hydrogen-bond acceptors (Lipinski definition) is 3. The van der Waals surface area contributed by atoms with Gasteiger partial charge in [0.05, 0.1) is 6.61 Å². The van der Waals surface area contributed by atoms with Crippen molar-refractivity contribution in [2.24, 2.45) is 5.41 Å². The molecule has 3 heteroatoms. The molecule has 0 N–H and O–H groups in total. The Hall–Kier alpha value is -1.30. The van der Waals surface area contributed by atoms with E-state index in [4.69, 9.17) is 11.2 Å². The molecule has 1 atom stereocenters. The molecule has 0 aromatic rings. The zero-order chi connectivity index (χ0) is 13.4. The number of esters is 1. The molecule has 0 aliphatic heterocycles. The van der Waals surface area contributed by atoms with Gasteiger partial charge in [-0.15, -0.1) is 12.3 Å². The number of unbranched alkanes of at least 4 members (excludes halogenated alkanes) is 2. The summed E-state index contributed by atoms with van der Waals surface area (Å²) in [4.78, 5) is 24.3. The van der Waals surface area contributed by atoms with Gasteiger partial charge >= 0.3 is 5.97 Å². The fraction of sp³-hybridized carbons (Fsp3) is 0.733. The van der Waals surface area contributed by atoms with E-state index in [9.17, 15) is 9.59 Å². The van der Waals surface area contributed by atoms with Crippen LogP contribution in [0.5, 0.6) is 0 Å². The molecule has 0 bridgehead atoms. The lowest BCUT2D eigenvalue weighted by Crippen LogP contribution is -2.43. The number of ether oxygens (including phenoxy) is 1. The maximum Gasteiger partial charge on any atom is 0.319 e. The van der Waals surface area contributed by atoms with Crippen molar-refractivity contribution in [2.45, 2.75) is 58.3 Å². The van der Waals surface area contributed by atoms with Crippen molar-refractivity contribution in [2.75, 3.05) is 6.61 Å². The van der Waals surface area contributed by atoms with Crippen molar-refractivity contribution in [3.8, 4) is 12.3 Å². The summed E-state index contributed by atoms with van der Waals surface area (Å²) in [6.45, 7) is 2.11. The summed E-state index contributed by atoms with van der Waals surface area (Å²) in [5.74, 6) is 2.32. The summed E-state index contributed by atoms with van der Waals surface area (Å²) in [6, 6.07) is 0. The van der Waals surface area contributed by atoms with Gasteiger partial charge in [-0.2, -0.15) is 0 Å². The summed E-state index contributed by atoms with van der Waals surface area (Å²) < 4.78 is 5.11. The lowest BCUT2D eigenvalue weighted by atomic mass is 9.70. The summed E-state index contributed by atoms with van der Waals surface area (Å²) >= 11 is 0. The van der Waals surface area contributed by atoms with Gasteiger partial charge in [0.2, 0.25) is 0 Å². The van der Waals surface area contributed by atoms with Gasteiger partial charge in [0.15, 0.2) is 0 Å². The van der Waals surface area contributed by atoms with E-state index in [0.717, 1.165) is 25.7 Å². The second kappa shape index (κ2) is 7.20. The Bertz CT molecular complexity index is 340. The van der Waals surface area contributed by atoms with Crippen LogP contribution in [0.3, 0.4) is 0 Å². The molecule has 1 rings (SSSR count). The molecule has 0 aromatic carbocycles. The third-order valence-electron chi connectivity index (χ3n) is 3.63. The van der Waals surface area contributed by atoms with E-state index in [1.807, 2.05) is 0 Å². The number of rotatable bonds is 6. The molecule has 0 amide bonds. The predicted molar refractivity (Wildman–Crippen MR) is 69.8 cm³/mol. The third-order valence-corrected chi connectivity index (χ3v) is 3.63. The molecule has 100 valence electrons. The fourth-order valence-corrected chi connectivity index (χ4v) is 2.60. The topological polar surface area (TPSA) is 43.4 Å². The molecule has 1 unspecified atom stereocenters. The highest BCUT2D eigenvalue weighted by Gasteiger charge is 2.47. The summed E-state index contributed by atoms with van der Waals surface area (Å²) in [5, 5.41) is 0. The van der Waals surface area contributed by atoms with Crippen LogP contribution in [0.1, 0.15) is 58.3 Å². The van der Waals surface area contributed by atoms with Gasteiger partial charge in [0.1, 0.15) is 11.2 Å². The molecule has 0 saturated heterocycles. The highest BCUT2D eigenvalue weighted by Crippen LogP contribution is 2.39. The second-order valence-corrected chi connectivity index (χ2v) is 4.84. The van der Waals surface area contributed by atoms with Gasteiger partial charge in [0, 0.05) is 12.8 Å². The number of Topliss-reactive ketones (excluding diaryl/α,β-unsaturated/α-hetero) is 1. The minimum Gasteiger partial charge on any atom is -0.465 e. The van der Waals surface area contributed by atoms with E-state index >= 15 is 0 Å². The largest absolute Gasteiger partial charge is 0.465 e. The first-order valence-electron chi connectivity index (χ1n) is 6.81. The first-order chi connectivity index (χ1) is 8.67. The molecule has 0 aromatic heterocycles. The van der Waals surface area contributed by atoms with Crippen molar-refractivity contribution in [3.63, 3.8) is 0 Å². The monoisotopic (exact) mass is 250 g/mol. The number of carbonyl (C=O) groups is 2. The Kier molecular flexibility index (Phi) is 5.91. The average Bonchev–Trinajstić information content (AvgIpc) is 2.37. The molecular weight excluding hydrogens is 228 g/mol. The summed E-state index contributed by atoms with van der Waals surface area (Å²) in [7, 11) is 0. The third kappa shape index (κ3) is 3.35. The standard InChI is InChI=1S/C15H22O3/c1-3-5-6-8-11-15(14(17)18-4-2)12-9-7-10-13(15)16/h1H,4-12H2,2H3. The van der Waals surface area contributed by atoms with Crippen LogP contribution in [0.2, 0.25) is 0 Å². The number of hydrogen-bond donors (Lipinski definition) is 0. The first-order valence-corrected chi connectivity index (χ1v) is 6.81. The highest BCUT2D eigenvalue weighted by molar-refractivity contribution is 6.04. The fourth-order valence-electron chi connectivity index (χ4n) is 2.60. The lowest BCUT2D eigenvalue weighted by Gasteiger charge is -2.33. The SMILES string of the molecule is C#CCCCCC1(C(=O)OCC)CCCCC1=O. The zero-order valence-electron chi connectivity index (χ0n) is 11.2. The van der Waals surface area contributed by atoms with E-state index in [0.29, 0.717) is 32.3 Å². The van der Waals surface area contributed by atoms with Crippen molar-refractivity contribution in [3.05, 3.63) is 0 Å². The van der Waals surface area contributed by atoms with Crippen LogP contribution in [-0.4, -0.2) is 18.4 Å². The van der Waals surface area contributed by atoms with E-state index in [1.165, 1.54) is 0 Å². The van der Waals surface area contributed by atoms with Crippen molar-refractivity contribution in [1.29, 1.82) is 0 Å². The van der Waals surface area contributed by atoms with E-state index in [2.05, 4.69) is 5.92 Å². The molecule has 3 nitrogen and oxygen atoms in total. The van der Waals surface area contributed by atoms with Crippen LogP contribution in [0.15, 0.2) is 0 Å². The van der Waals surface area contributed by atoms with Crippen molar-refractivity contribution >= 4 is 11.8 Å². The minimum absolute atomic E-state index is 0.0629. The normalized spacial score (nSPS) is 23.4. The maximum atomic E-state index is 12.2. The van der Waals surface area contributed by atoms with Crippen molar-refractivity contribution < 1.29 is 14.3 Å². The van der Waals surface area contributed by atoms with Gasteiger partial charge in [-0.1, -0.05) is 12.8 Å². The van der Waals surface area contributed by atoms with Crippen LogP contribution in [0, 0.1) is 17.8 Å². The van der Waals surface area contributed by atoms with E-state index in [1.54, 1.807) is 6.92 Å². The highest BCUT2D eigenvalue weighted by atomic mass is 16.5. The molecule has 0 heterocycles. The number of terminal acetylenes is 1. The smallest absolute Gasteiger partial charge is 0.319 e. The van der Waals surface area contributed by atoms with Crippen LogP contribution >= 0.6 is 0 Å². The quantitative estimate of drug-likeness (QED) is 0.315. The van der Waals surface area contributed by atoms with Gasteiger partial charge in [0.25, 0.3) is 0 Å². The number of ketones is 1. The van der Waals surface area contributed by atoms with Gasteiger partial charge < -0.3 is 4.74 Å². The van der Waals surface area contributed by atoms with Crippen LogP contribution < -0.4 is 0 Å². The molecule has 1 fully saturated rings. The molecule has 1 aliphatic rings. The van der Waals surface area contributed by atoms with Crippen LogP contribution in [0.4, 0.5) is 0 Å².